The Morgan fingerprint density at radius 1 is 1.09 bits per heavy atom. The van der Waals surface area contributed by atoms with E-state index in [2.05, 4.69) is 31.2 Å². The van der Waals surface area contributed by atoms with Crippen molar-refractivity contribution in [3.63, 3.8) is 0 Å². The first-order valence-electron chi connectivity index (χ1n) is 12.0. The van der Waals surface area contributed by atoms with Crippen molar-refractivity contribution in [2.45, 2.75) is 89.6 Å². The van der Waals surface area contributed by atoms with Crippen LogP contribution in [0.2, 0.25) is 0 Å². The summed E-state index contributed by atoms with van der Waals surface area (Å²) in [6, 6.07) is 3.63. The van der Waals surface area contributed by atoms with Gasteiger partial charge in [-0.2, -0.15) is 5.10 Å². The van der Waals surface area contributed by atoms with Crippen molar-refractivity contribution in [1.29, 1.82) is 0 Å². The second-order valence-electron chi connectivity index (χ2n) is 8.46. The summed E-state index contributed by atoms with van der Waals surface area (Å²) < 4.78 is 26.3. The molecule has 1 aromatic heterocycles. The Hall–Kier alpha value is -1.49. The molecule has 182 valence electrons. The van der Waals surface area contributed by atoms with Crippen molar-refractivity contribution < 1.29 is 24.1 Å². The molecule has 1 unspecified atom stereocenters. The van der Waals surface area contributed by atoms with Crippen LogP contribution in [0.4, 0.5) is 0 Å². The van der Waals surface area contributed by atoms with Gasteiger partial charge in [0.15, 0.2) is 0 Å². The second-order valence-corrected chi connectivity index (χ2v) is 8.46. The molecule has 1 saturated heterocycles. The third kappa shape index (κ3) is 5.52. The molecule has 9 heteroatoms. The van der Waals surface area contributed by atoms with E-state index in [0.29, 0.717) is 32.1 Å². The Kier molecular flexibility index (Phi) is 9.51. The van der Waals surface area contributed by atoms with Gasteiger partial charge in [-0.05, 0) is 31.4 Å². The molecular weight excluding hydrogens is 412 g/mol. The van der Waals surface area contributed by atoms with Gasteiger partial charge in [-0.15, -0.1) is 0 Å². The lowest BCUT2D eigenvalue weighted by Crippen LogP contribution is -2.46. The van der Waals surface area contributed by atoms with E-state index in [1.165, 1.54) is 6.34 Å². The SMILES string of the molecule is CCCCOC[C@H]1O[C@@](O)(c2ccc3n2N=CNC3N)[C@H](OCCCC)[C@@H]1OCCCC. The van der Waals surface area contributed by atoms with Gasteiger partial charge >= 0.3 is 0 Å². The number of nitrogens with one attached hydrogen (secondary N) is 1. The van der Waals surface area contributed by atoms with E-state index in [0.717, 1.165) is 44.2 Å². The average molecular weight is 453 g/mol. The van der Waals surface area contributed by atoms with Gasteiger partial charge in [-0.25, -0.2) is 4.68 Å². The third-order valence-electron chi connectivity index (χ3n) is 5.91. The molecule has 1 fully saturated rings. The van der Waals surface area contributed by atoms with Crippen molar-refractivity contribution in [2.24, 2.45) is 10.8 Å². The first-order valence-corrected chi connectivity index (χ1v) is 12.0. The monoisotopic (exact) mass is 452 g/mol. The van der Waals surface area contributed by atoms with Crippen LogP contribution in [0.5, 0.6) is 0 Å². The molecule has 9 nitrogen and oxygen atoms in total. The van der Waals surface area contributed by atoms with Gasteiger partial charge in [0.05, 0.1) is 12.3 Å². The van der Waals surface area contributed by atoms with Crippen LogP contribution in [0.3, 0.4) is 0 Å². The summed E-state index contributed by atoms with van der Waals surface area (Å²) in [5, 5.41) is 19.2. The van der Waals surface area contributed by atoms with Crippen LogP contribution in [-0.4, -0.2) is 60.9 Å². The molecule has 0 aliphatic carbocycles. The van der Waals surface area contributed by atoms with Crippen LogP contribution >= 0.6 is 0 Å². The number of nitrogens with two attached hydrogens (primary N) is 1. The zero-order chi connectivity index (χ0) is 23.0. The van der Waals surface area contributed by atoms with Gasteiger partial charge in [0.1, 0.15) is 36.5 Å². The summed E-state index contributed by atoms with van der Waals surface area (Å²) >= 11 is 0. The Labute approximate surface area is 191 Å². The van der Waals surface area contributed by atoms with Crippen LogP contribution in [0.15, 0.2) is 17.2 Å². The molecule has 4 N–H and O–H groups in total. The van der Waals surface area contributed by atoms with Gasteiger partial charge in [-0.3, -0.25) is 0 Å². The zero-order valence-electron chi connectivity index (χ0n) is 19.7. The molecule has 0 spiro atoms. The van der Waals surface area contributed by atoms with E-state index >= 15 is 0 Å². The molecule has 0 radical (unpaired) electrons. The lowest BCUT2D eigenvalue weighted by Gasteiger charge is -2.31. The lowest BCUT2D eigenvalue weighted by molar-refractivity contribution is -0.254. The first-order chi connectivity index (χ1) is 15.6. The largest absolute Gasteiger partial charge is 0.379 e. The fourth-order valence-corrected chi connectivity index (χ4v) is 4.02. The van der Waals surface area contributed by atoms with E-state index in [4.69, 9.17) is 24.7 Å². The number of hydrogen-bond acceptors (Lipinski definition) is 8. The highest BCUT2D eigenvalue weighted by Crippen LogP contribution is 2.42. The highest BCUT2D eigenvalue weighted by molar-refractivity contribution is 5.57. The molecule has 0 amide bonds. The minimum Gasteiger partial charge on any atom is -0.379 e. The van der Waals surface area contributed by atoms with Crippen molar-refractivity contribution in [2.75, 3.05) is 26.4 Å². The number of rotatable bonds is 14. The Balaban J connectivity index is 1.90. The standard InChI is InChI=1S/C23H40N4O5/c1-4-7-12-29-15-18-20(30-13-8-5-2)21(31-14-9-6-3)23(28,32-18)19-11-10-17-22(24)25-16-26-27(17)19/h10-11,16,18,20-22,28H,4-9,12-15,24H2,1-3H3,(H,25,26)/t18-,20-,21-,22?,23+/m1/s1. The van der Waals surface area contributed by atoms with E-state index in [1.807, 2.05) is 6.07 Å². The van der Waals surface area contributed by atoms with Crippen molar-refractivity contribution in [3.05, 3.63) is 23.5 Å². The molecule has 0 aromatic carbocycles. The Morgan fingerprint density at radius 3 is 2.50 bits per heavy atom. The van der Waals surface area contributed by atoms with Gasteiger partial charge in [0.2, 0.25) is 5.79 Å². The quantitative estimate of drug-likeness (QED) is 0.372. The molecule has 5 atom stereocenters. The number of nitrogens with zero attached hydrogens (tertiary/aromatic N) is 2. The summed E-state index contributed by atoms with van der Waals surface area (Å²) in [6.07, 6.45) is 5.29. The molecule has 0 bridgehead atoms. The normalized spacial score (nSPS) is 29.3. The summed E-state index contributed by atoms with van der Waals surface area (Å²) in [5.41, 5.74) is 7.35. The van der Waals surface area contributed by atoms with Gasteiger partial charge in [0, 0.05) is 19.8 Å². The Bertz CT molecular complexity index is 727. The minimum absolute atomic E-state index is 0.324. The third-order valence-corrected chi connectivity index (χ3v) is 5.91. The molecule has 2 aliphatic heterocycles. The van der Waals surface area contributed by atoms with Crippen LogP contribution in [-0.2, 0) is 24.7 Å². The molecular formula is C23H40N4O5. The molecule has 0 saturated carbocycles. The van der Waals surface area contributed by atoms with Crippen molar-refractivity contribution in [3.8, 4) is 0 Å². The molecule has 2 aliphatic rings. The average Bonchev–Trinajstić information content (AvgIpc) is 3.33. The smallest absolute Gasteiger partial charge is 0.240 e. The van der Waals surface area contributed by atoms with Crippen molar-refractivity contribution in [1.82, 2.24) is 9.99 Å². The van der Waals surface area contributed by atoms with Gasteiger partial charge in [-0.1, -0.05) is 40.0 Å². The van der Waals surface area contributed by atoms with Crippen LogP contribution in [0.25, 0.3) is 0 Å². The Morgan fingerprint density at radius 2 is 1.78 bits per heavy atom. The number of hydrogen-bond donors (Lipinski definition) is 3. The van der Waals surface area contributed by atoms with E-state index in [1.54, 1.807) is 10.7 Å². The van der Waals surface area contributed by atoms with Gasteiger partial charge in [0.25, 0.3) is 0 Å². The number of ether oxygens (including phenoxy) is 4. The van der Waals surface area contributed by atoms with E-state index in [9.17, 15) is 5.11 Å². The van der Waals surface area contributed by atoms with E-state index < -0.39 is 30.3 Å². The summed E-state index contributed by atoms with van der Waals surface area (Å²) in [4.78, 5) is 0. The highest BCUT2D eigenvalue weighted by Gasteiger charge is 2.58. The fourth-order valence-electron chi connectivity index (χ4n) is 4.02. The zero-order valence-corrected chi connectivity index (χ0v) is 19.7. The van der Waals surface area contributed by atoms with Crippen LogP contribution < -0.4 is 11.1 Å². The first kappa shape index (κ1) is 25.1. The number of aliphatic hydroxyl groups is 1. The highest BCUT2D eigenvalue weighted by atomic mass is 16.7. The molecule has 1 aromatic rings. The maximum absolute atomic E-state index is 11.9. The van der Waals surface area contributed by atoms with Gasteiger partial charge < -0.3 is 35.1 Å². The maximum Gasteiger partial charge on any atom is 0.240 e. The minimum atomic E-state index is -1.74. The summed E-state index contributed by atoms with van der Waals surface area (Å²) in [5.74, 6) is -1.74. The summed E-state index contributed by atoms with van der Waals surface area (Å²) in [7, 11) is 0. The summed E-state index contributed by atoms with van der Waals surface area (Å²) in [6.45, 7) is 8.38. The predicted molar refractivity (Wildman–Crippen MR) is 122 cm³/mol. The molecule has 3 heterocycles. The van der Waals surface area contributed by atoms with Crippen molar-refractivity contribution >= 4 is 6.34 Å². The number of fused-ring (bicyclic) bond motifs is 1. The molecule has 3 rings (SSSR count). The van der Waals surface area contributed by atoms with Crippen LogP contribution in [0.1, 0.15) is 76.8 Å². The number of unbranched alkanes of at least 4 members (excludes halogenated alkanes) is 3. The fraction of sp³-hybridized carbons (Fsp3) is 0.783. The predicted octanol–water partition coefficient (Wildman–Crippen LogP) is 2.57. The molecule has 32 heavy (non-hydrogen) atoms. The second kappa shape index (κ2) is 12.1. The topological polar surface area (TPSA) is 112 Å². The maximum atomic E-state index is 11.9. The van der Waals surface area contributed by atoms with E-state index in [-0.39, 0.29) is 0 Å². The lowest BCUT2D eigenvalue weighted by atomic mass is 10.0. The number of aromatic nitrogens is 1. The van der Waals surface area contributed by atoms with Crippen LogP contribution in [0, 0.1) is 0 Å².